The maximum Gasteiger partial charge on any atom is 0.306 e. The maximum atomic E-state index is 10.8. The fourth-order valence-corrected chi connectivity index (χ4v) is 3.07. The van der Waals surface area contributed by atoms with Crippen LogP contribution in [-0.4, -0.2) is 35.6 Å². The summed E-state index contributed by atoms with van der Waals surface area (Å²) in [6.07, 6.45) is 8.71. The number of carboxylic acids is 1. The van der Waals surface area contributed by atoms with Crippen molar-refractivity contribution in [3.63, 3.8) is 0 Å². The molecule has 2 rings (SSSR count). The number of carbonyl (C=O) groups is 1. The summed E-state index contributed by atoms with van der Waals surface area (Å²) in [6, 6.07) is 0. The molecule has 0 aromatic carbocycles. The van der Waals surface area contributed by atoms with Gasteiger partial charge in [-0.15, -0.1) is 0 Å². The summed E-state index contributed by atoms with van der Waals surface area (Å²) in [5.41, 5.74) is 0. The molecule has 3 nitrogen and oxygen atoms in total. The lowest BCUT2D eigenvalue weighted by Crippen LogP contribution is -2.37. The van der Waals surface area contributed by atoms with Crippen LogP contribution in [0.4, 0.5) is 0 Å². The predicted molar refractivity (Wildman–Crippen MR) is 63.4 cm³/mol. The molecule has 1 N–H and O–H groups in total. The van der Waals surface area contributed by atoms with E-state index in [1.54, 1.807) is 0 Å². The molecule has 1 saturated carbocycles. The molecule has 1 heterocycles. The SMILES string of the molecule is O=C(O)C1CCN(CCC2CCCC2)CC1. The Kier molecular flexibility index (Phi) is 4.22. The number of aliphatic carboxylic acids is 1. The standard InChI is InChI=1S/C13H23NO2/c15-13(16)12-6-9-14(10-7-12)8-5-11-3-1-2-4-11/h11-12H,1-10H2,(H,15,16). The maximum absolute atomic E-state index is 10.8. The largest absolute Gasteiger partial charge is 0.481 e. The van der Waals surface area contributed by atoms with E-state index in [0.29, 0.717) is 0 Å². The lowest BCUT2D eigenvalue weighted by atomic mass is 9.96. The van der Waals surface area contributed by atoms with Crippen LogP contribution in [0.15, 0.2) is 0 Å². The molecule has 1 aliphatic heterocycles. The van der Waals surface area contributed by atoms with Crippen LogP contribution in [0, 0.1) is 11.8 Å². The van der Waals surface area contributed by atoms with E-state index in [1.165, 1.54) is 38.6 Å². The van der Waals surface area contributed by atoms with E-state index in [2.05, 4.69) is 4.90 Å². The van der Waals surface area contributed by atoms with Crippen molar-refractivity contribution in [3.8, 4) is 0 Å². The monoisotopic (exact) mass is 225 g/mol. The summed E-state index contributed by atoms with van der Waals surface area (Å²) < 4.78 is 0. The van der Waals surface area contributed by atoms with E-state index < -0.39 is 5.97 Å². The molecule has 2 fully saturated rings. The molecule has 0 spiro atoms. The Hall–Kier alpha value is -0.570. The second-order valence-electron chi connectivity index (χ2n) is 5.39. The van der Waals surface area contributed by atoms with Crippen LogP contribution in [0.1, 0.15) is 44.9 Å². The average molecular weight is 225 g/mol. The number of piperidine rings is 1. The number of hydrogen-bond acceptors (Lipinski definition) is 2. The molecule has 16 heavy (non-hydrogen) atoms. The van der Waals surface area contributed by atoms with Crippen molar-refractivity contribution in [2.75, 3.05) is 19.6 Å². The minimum atomic E-state index is -0.601. The Morgan fingerprint density at radius 1 is 1.12 bits per heavy atom. The Morgan fingerprint density at radius 2 is 1.75 bits per heavy atom. The van der Waals surface area contributed by atoms with Crippen LogP contribution in [0.25, 0.3) is 0 Å². The first kappa shape index (κ1) is 11.9. The number of hydrogen-bond donors (Lipinski definition) is 1. The van der Waals surface area contributed by atoms with Gasteiger partial charge in [-0.3, -0.25) is 4.79 Å². The summed E-state index contributed by atoms with van der Waals surface area (Å²) in [5, 5.41) is 8.91. The molecule has 1 saturated heterocycles. The van der Waals surface area contributed by atoms with Gasteiger partial charge in [-0.05, 0) is 44.8 Å². The highest BCUT2D eigenvalue weighted by Gasteiger charge is 2.24. The van der Waals surface area contributed by atoms with Crippen molar-refractivity contribution >= 4 is 5.97 Å². The van der Waals surface area contributed by atoms with Crippen molar-refractivity contribution in [1.29, 1.82) is 0 Å². The molecule has 0 amide bonds. The Morgan fingerprint density at radius 3 is 2.31 bits per heavy atom. The zero-order valence-electron chi connectivity index (χ0n) is 10.0. The van der Waals surface area contributed by atoms with Gasteiger partial charge in [-0.25, -0.2) is 0 Å². The molecule has 0 aromatic heterocycles. The molecule has 3 heteroatoms. The second kappa shape index (κ2) is 5.67. The predicted octanol–water partition coefficient (Wildman–Crippen LogP) is 2.36. The van der Waals surface area contributed by atoms with Crippen molar-refractivity contribution in [2.45, 2.75) is 44.9 Å². The van der Waals surface area contributed by atoms with Gasteiger partial charge in [-0.2, -0.15) is 0 Å². The van der Waals surface area contributed by atoms with Gasteiger partial charge in [0.15, 0.2) is 0 Å². The molecule has 1 aliphatic carbocycles. The van der Waals surface area contributed by atoms with Crippen molar-refractivity contribution in [3.05, 3.63) is 0 Å². The van der Waals surface area contributed by atoms with Gasteiger partial charge in [0.05, 0.1) is 5.92 Å². The van der Waals surface area contributed by atoms with E-state index in [4.69, 9.17) is 5.11 Å². The number of carboxylic acid groups (broad SMARTS) is 1. The van der Waals surface area contributed by atoms with Gasteiger partial charge in [-0.1, -0.05) is 25.7 Å². The van der Waals surface area contributed by atoms with Crippen LogP contribution in [0.3, 0.4) is 0 Å². The third kappa shape index (κ3) is 3.21. The summed E-state index contributed by atoms with van der Waals surface area (Å²) in [7, 11) is 0. The summed E-state index contributed by atoms with van der Waals surface area (Å²) in [4.78, 5) is 13.3. The van der Waals surface area contributed by atoms with Crippen LogP contribution in [0.5, 0.6) is 0 Å². The van der Waals surface area contributed by atoms with Gasteiger partial charge in [0.2, 0.25) is 0 Å². The minimum absolute atomic E-state index is 0.0808. The summed E-state index contributed by atoms with van der Waals surface area (Å²) in [5.74, 6) is 0.273. The van der Waals surface area contributed by atoms with Gasteiger partial charge in [0, 0.05) is 0 Å². The quantitative estimate of drug-likeness (QED) is 0.798. The van der Waals surface area contributed by atoms with Gasteiger partial charge >= 0.3 is 5.97 Å². The van der Waals surface area contributed by atoms with Crippen LogP contribution >= 0.6 is 0 Å². The van der Waals surface area contributed by atoms with Crippen molar-refractivity contribution in [2.24, 2.45) is 11.8 Å². The molecule has 0 radical (unpaired) electrons. The number of likely N-dealkylation sites (tertiary alicyclic amines) is 1. The van der Waals surface area contributed by atoms with Crippen molar-refractivity contribution in [1.82, 2.24) is 4.90 Å². The molecule has 0 unspecified atom stereocenters. The van der Waals surface area contributed by atoms with Gasteiger partial charge in [0.1, 0.15) is 0 Å². The molecule has 92 valence electrons. The van der Waals surface area contributed by atoms with E-state index in [0.717, 1.165) is 31.8 Å². The molecule has 0 atom stereocenters. The highest BCUT2D eigenvalue weighted by molar-refractivity contribution is 5.70. The number of rotatable bonds is 4. The summed E-state index contributed by atoms with van der Waals surface area (Å²) in [6.45, 7) is 3.17. The topological polar surface area (TPSA) is 40.5 Å². The van der Waals surface area contributed by atoms with Crippen LogP contribution < -0.4 is 0 Å². The zero-order chi connectivity index (χ0) is 11.4. The van der Waals surface area contributed by atoms with Crippen LogP contribution in [0.2, 0.25) is 0 Å². The average Bonchev–Trinajstić information content (AvgIpc) is 2.80. The lowest BCUT2D eigenvalue weighted by molar-refractivity contribution is -0.143. The Bertz CT molecular complexity index is 228. The first-order chi connectivity index (χ1) is 7.75. The molecular formula is C13H23NO2. The molecule has 0 bridgehead atoms. The summed E-state index contributed by atoms with van der Waals surface area (Å²) >= 11 is 0. The third-order valence-electron chi connectivity index (χ3n) is 4.27. The fraction of sp³-hybridized carbons (Fsp3) is 0.923. The first-order valence-electron chi connectivity index (χ1n) is 6.71. The highest BCUT2D eigenvalue weighted by atomic mass is 16.4. The minimum Gasteiger partial charge on any atom is -0.481 e. The zero-order valence-corrected chi connectivity index (χ0v) is 10.0. The van der Waals surface area contributed by atoms with Crippen molar-refractivity contribution < 1.29 is 9.90 Å². The Balaban J connectivity index is 1.63. The molecule has 0 aromatic rings. The lowest BCUT2D eigenvalue weighted by Gasteiger charge is -2.30. The Labute approximate surface area is 97.8 Å². The highest BCUT2D eigenvalue weighted by Crippen LogP contribution is 2.28. The fourth-order valence-electron chi connectivity index (χ4n) is 3.07. The molecular weight excluding hydrogens is 202 g/mol. The van der Waals surface area contributed by atoms with Gasteiger partial charge < -0.3 is 10.0 Å². The van der Waals surface area contributed by atoms with E-state index >= 15 is 0 Å². The second-order valence-corrected chi connectivity index (χ2v) is 5.39. The number of nitrogens with zero attached hydrogens (tertiary/aromatic N) is 1. The third-order valence-corrected chi connectivity index (χ3v) is 4.27. The van der Waals surface area contributed by atoms with E-state index in [9.17, 15) is 4.79 Å². The van der Waals surface area contributed by atoms with E-state index in [-0.39, 0.29) is 5.92 Å². The van der Waals surface area contributed by atoms with E-state index in [1.807, 2.05) is 0 Å². The first-order valence-corrected chi connectivity index (χ1v) is 6.71. The molecule has 2 aliphatic rings. The van der Waals surface area contributed by atoms with Gasteiger partial charge in [0.25, 0.3) is 0 Å². The van der Waals surface area contributed by atoms with Crippen LogP contribution in [-0.2, 0) is 4.79 Å². The normalized spacial score (nSPS) is 25.0. The smallest absolute Gasteiger partial charge is 0.306 e.